The number of carbonyl (C=O) groups excluding carboxylic acids is 1. The zero-order valence-electron chi connectivity index (χ0n) is 15.9. The van der Waals surface area contributed by atoms with Crippen LogP contribution in [0.2, 0.25) is 0 Å². The SMILES string of the molecule is CC(C)(C)c1c(O)c(C(C)(C)C)c(S)c(C(=O)OCc2nccs2)c1S. The van der Waals surface area contributed by atoms with Gasteiger partial charge in [0.05, 0.1) is 5.56 Å². The Morgan fingerprint density at radius 2 is 1.62 bits per heavy atom. The summed E-state index contributed by atoms with van der Waals surface area (Å²) in [6, 6.07) is 0. The number of hydrogen-bond acceptors (Lipinski definition) is 7. The molecule has 0 saturated carbocycles. The van der Waals surface area contributed by atoms with Crippen LogP contribution in [-0.4, -0.2) is 16.1 Å². The van der Waals surface area contributed by atoms with Gasteiger partial charge in [0, 0.05) is 32.5 Å². The number of phenolic OH excluding ortho intramolecular Hbond substituents is 1. The van der Waals surface area contributed by atoms with Gasteiger partial charge in [-0.2, -0.15) is 0 Å². The van der Waals surface area contributed by atoms with E-state index in [-0.39, 0.29) is 17.9 Å². The Hall–Kier alpha value is -1.18. The van der Waals surface area contributed by atoms with Crippen LogP contribution in [0.25, 0.3) is 0 Å². The second-order valence-corrected chi connectivity index (χ2v) is 10.0. The van der Waals surface area contributed by atoms with Crippen molar-refractivity contribution in [3.8, 4) is 5.75 Å². The number of aromatic hydroxyl groups is 1. The highest BCUT2D eigenvalue weighted by Gasteiger charge is 2.34. The van der Waals surface area contributed by atoms with Gasteiger partial charge in [0.25, 0.3) is 0 Å². The molecule has 2 rings (SSSR count). The molecule has 4 nitrogen and oxygen atoms in total. The molecule has 1 aromatic carbocycles. The minimum atomic E-state index is -0.522. The van der Waals surface area contributed by atoms with Crippen LogP contribution >= 0.6 is 36.6 Å². The zero-order valence-corrected chi connectivity index (χ0v) is 18.5. The van der Waals surface area contributed by atoms with Crippen molar-refractivity contribution in [1.82, 2.24) is 4.98 Å². The average Bonchev–Trinajstić information content (AvgIpc) is 2.94. The molecule has 0 unspecified atom stereocenters. The molecule has 0 aliphatic carbocycles. The van der Waals surface area contributed by atoms with Crippen LogP contribution in [0.15, 0.2) is 21.4 Å². The number of ether oxygens (including phenoxy) is 1. The van der Waals surface area contributed by atoms with Gasteiger partial charge < -0.3 is 9.84 Å². The maximum absolute atomic E-state index is 12.8. The third-order valence-corrected chi connectivity index (χ3v) is 5.58. The number of hydrogen-bond donors (Lipinski definition) is 3. The highest BCUT2D eigenvalue weighted by molar-refractivity contribution is 7.81. The summed E-state index contributed by atoms with van der Waals surface area (Å²) in [5.74, 6) is -0.386. The van der Waals surface area contributed by atoms with Crippen molar-refractivity contribution >= 4 is 42.6 Å². The van der Waals surface area contributed by atoms with E-state index in [0.29, 0.717) is 25.9 Å². The molecule has 26 heavy (non-hydrogen) atoms. The van der Waals surface area contributed by atoms with Crippen molar-refractivity contribution in [3.05, 3.63) is 33.3 Å². The summed E-state index contributed by atoms with van der Waals surface area (Å²) in [5, 5.41) is 13.5. The van der Waals surface area contributed by atoms with Gasteiger partial charge in [0.2, 0.25) is 0 Å². The Labute approximate surface area is 169 Å². The summed E-state index contributed by atoms with van der Waals surface area (Å²) >= 11 is 10.6. The summed E-state index contributed by atoms with van der Waals surface area (Å²) < 4.78 is 5.44. The number of benzene rings is 1. The van der Waals surface area contributed by atoms with Gasteiger partial charge in [0.15, 0.2) is 0 Å². The van der Waals surface area contributed by atoms with Crippen LogP contribution in [0.4, 0.5) is 0 Å². The number of aromatic nitrogens is 1. The average molecular weight is 412 g/mol. The van der Waals surface area contributed by atoms with E-state index < -0.39 is 16.8 Å². The molecular weight excluding hydrogens is 386 g/mol. The van der Waals surface area contributed by atoms with E-state index in [1.54, 1.807) is 6.20 Å². The highest BCUT2D eigenvalue weighted by Crippen LogP contribution is 2.47. The van der Waals surface area contributed by atoms with E-state index in [4.69, 9.17) is 4.74 Å². The standard InChI is InChI=1S/C19H25NO3S3/c1-18(2,3)12-14(21)13(19(4,5)6)16(25)11(15(12)24)17(22)23-9-10-20-7-8-26-10/h7-8,21,24-25H,9H2,1-6H3. The Kier molecular flexibility index (Phi) is 6.05. The molecule has 0 saturated heterocycles. The number of phenols is 1. The molecule has 0 fully saturated rings. The third-order valence-electron chi connectivity index (χ3n) is 3.94. The van der Waals surface area contributed by atoms with E-state index in [1.165, 1.54) is 11.3 Å². The predicted molar refractivity (Wildman–Crippen MR) is 111 cm³/mol. The number of esters is 1. The van der Waals surface area contributed by atoms with Gasteiger partial charge in [-0.25, -0.2) is 9.78 Å². The molecule has 1 aromatic heterocycles. The summed E-state index contributed by atoms with van der Waals surface area (Å²) in [6.45, 7) is 11.9. The summed E-state index contributed by atoms with van der Waals surface area (Å²) in [4.78, 5) is 17.7. The molecule has 0 radical (unpaired) electrons. The van der Waals surface area contributed by atoms with Crippen molar-refractivity contribution in [2.45, 2.75) is 68.8 Å². The Balaban J connectivity index is 2.62. The van der Waals surface area contributed by atoms with E-state index >= 15 is 0 Å². The van der Waals surface area contributed by atoms with E-state index in [1.807, 2.05) is 46.9 Å². The largest absolute Gasteiger partial charge is 0.507 e. The maximum Gasteiger partial charge on any atom is 0.340 e. The number of nitrogens with zero attached hydrogens (tertiary/aromatic N) is 1. The summed E-state index contributed by atoms with van der Waals surface area (Å²) in [5.41, 5.74) is 0.690. The Bertz CT molecular complexity index is 775. The van der Waals surface area contributed by atoms with Crippen LogP contribution < -0.4 is 0 Å². The van der Waals surface area contributed by atoms with Crippen molar-refractivity contribution in [3.63, 3.8) is 0 Å². The fraction of sp³-hybridized carbons (Fsp3) is 0.474. The maximum atomic E-state index is 12.8. The first-order valence-electron chi connectivity index (χ1n) is 8.23. The first kappa shape index (κ1) is 21.1. The lowest BCUT2D eigenvalue weighted by atomic mass is 9.78. The normalized spacial score (nSPS) is 12.3. The highest BCUT2D eigenvalue weighted by atomic mass is 32.1. The molecule has 0 bridgehead atoms. The van der Waals surface area contributed by atoms with Crippen LogP contribution in [0, 0.1) is 0 Å². The number of carbonyl (C=O) groups is 1. The quantitative estimate of drug-likeness (QED) is 0.469. The topological polar surface area (TPSA) is 59.4 Å². The number of rotatable bonds is 3. The molecule has 2 aromatic rings. The van der Waals surface area contributed by atoms with Gasteiger partial charge in [-0.15, -0.1) is 36.6 Å². The zero-order chi connectivity index (χ0) is 19.9. The fourth-order valence-corrected chi connectivity index (χ4v) is 4.75. The van der Waals surface area contributed by atoms with Crippen molar-refractivity contribution < 1.29 is 14.6 Å². The Morgan fingerprint density at radius 3 is 2.00 bits per heavy atom. The van der Waals surface area contributed by atoms with Gasteiger partial charge in [-0.3, -0.25) is 0 Å². The smallest absolute Gasteiger partial charge is 0.340 e. The van der Waals surface area contributed by atoms with Crippen molar-refractivity contribution in [2.75, 3.05) is 0 Å². The molecule has 0 amide bonds. The van der Waals surface area contributed by atoms with Crippen molar-refractivity contribution in [2.24, 2.45) is 0 Å². The van der Waals surface area contributed by atoms with Crippen LogP contribution in [0.3, 0.4) is 0 Å². The van der Waals surface area contributed by atoms with Gasteiger partial charge in [-0.05, 0) is 10.8 Å². The van der Waals surface area contributed by atoms with Gasteiger partial charge >= 0.3 is 5.97 Å². The van der Waals surface area contributed by atoms with Crippen LogP contribution in [0.5, 0.6) is 5.75 Å². The molecule has 0 aliphatic rings. The Morgan fingerprint density at radius 1 is 1.12 bits per heavy atom. The lowest BCUT2D eigenvalue weighted by Gasteiger charge is -2.31. The number of thiol groups is 2. The summed E-state index contributed by atoms with van der Waals surface area (Å²) in [7, 11) is 0. The van der Waals surface area contributed by atoms with Gasteiger partial charge in [-0.1, -0.05) is 41.5 Å². The van der Waals surface area contributed by atoms with E-state index in [0.717, 1.165) is 0 Å². The lowest BCUT2D eigenvalue weighted by molar-refractivity contribution is 0.0463. The fourth-order valence-electron chi connectivity index (χ4n) is 2.85. The predicted octanol–water partition coefficient (Wildman–Crippen LogP) is 5.38. The molecule has 1 heterocycles. The summed E-state index contributed by atoms with van der Waals surface area (Å²) in [6.07, 6.45) is 1.66. The van der Waals surface area contributed by atoms with Crippen LogP contribution in [-0.2, 0) is 22.2 Å². The molecule has 7 heteroatoms. The molecule has 142 valence electrons. The van der Waals surface area contributed by atoms with E-state index in [2.05, 4.69) is 30.2 Å². The monoisotopic (exact) mass is 411 g/mol. The van der Waals surface area contributed by atoms with Crippen molar-refractivity contribution in [1.29, 1.82) is 0 Å². The third kappa shape index (κ3) is 4.21. The van der Waals surface area contributed by atoms with Gasteiger partial charge in [0.1, 0.15) is 17.4 Å². The molecular formula is C19H25NO3S3. The van der Waals surface area contributed by atoms with E-state index in [9.17, 15) is 9.90 Å². The molecule has 0 atom stereocenters. The molecule has 1 N–H and O–H groups in total. The lowest BCUT2D eigenvalue weighted by Crippen LogP contribution is -2.22. The first-order valence-corrected chi connectivity index (χ1v) is 10.0. The second-order valence-electron chi connectivity index (χ2n) is 8.17. The van der Waals surface area contributed by atoms with Crippen LogP contribution in [0.1, 0.15) is 68.0 Å². The molecule has 0 aliphatic heterocycles. The minimum Gasteiger partial charge on any atom is -0.507 e. The molecule has 0 spiro atoms. The first-order chi connectivity index (χ1) is 11.9. The number of thiazole rings is 1. The minimum absolute atomic E-state index is 0.0908. The second kappa shape index (κ2) is 7.44.